The van der Waals surface area contributed by atoms with Gasteiger partial charge in [-0.25, -0.2) is 4.98 Å². The lowest BCUT2D eigenvalue weighted by Crippen LogP contribution is -2.50. The van der Waals surface area contributed by atoms with E-state index in [1.54, 1.807) is 0 Å². The maximum Gasteiger partial charge on any atom is 0.230 e. The van der Waals surface area contributed by atoms with Crippen LogP contribution in [0.25, 0.3) is 0 Å². The van der Waals surface area contributed by atoms with E-state index in [0.29, 0.717) is 11.9 Å². The van der Waals surface area contributed by atoms with Gasteiger partial charge < -0.3 is 14.9 Å². The molecule has 3 aliphatic rings. The summed E-state index contributed by atoms with van der Waals surface area (Å²) >= 11 is 0. The number of carbonyl (C=O) groups excluding carboxylic acids is 1. The number of aromatic nitrogens is 1. The van der Waals surface area contributed by atoms with Crippen molar-refractivity contribution in [2.24, 2.45) is 5.41 Å². The number of nitrogens with zero attached hydrogens (tertiary/aromatic N) is 3. The Morgan fingerprint density at radius 1 is 1.16 bits per heavy atom. The molecule has 25 heavy (non-hydrogen) atoms. The van der Waals surface area contributed by atoms with Crippen LogP contribution >= 0.6 is 0 Å². The second kappa shape index (κ2) is 6.60. The van der Waals surface area contributed by atoms with Crippen molar-refractivity contribution in [3.8, 4) is 0 Å². The van der Waals surface area contributed by atoms with Crippen molar-refractivity contribution in [1.82, 2.24) is 9.88 Å². The molecule has 2 aliphatic heterocycles. The lowest BCUT2D eigenvalue weighted by Gasteiger charge is -2.41. The summed E-state index contributed by atoms with van der Waals surface area (Å²) in [7, 11) is 0. The van der Waals surface area contributed by atoms with E-state index < -0.39 is 0 Å². The molecule has 0 radical (unpaired) electrons. The van der Waals surface area contributed by atoms with Crippen LogP contribution in [-0.4, -0.2) is 52.7 Å². The molecular formula is C20H29N3O2. The number of rotatable bonds is 2. The van der Waals surface area contributed by atoms with Gasteiger partial charge in [-0.15, -0.1) is 0 Å². The summed E-state index contributed by atoms with van der Waals surface area (Å²) < 4.78 is 0. The van der Waals surface area contributed by atoms with Crippen LogP contribution in [0.1, 0.15) is 50.5 Å². The van der Waals surface area contributed by atoms with Gasteiger partial charge in [-0.3, -0.25) is 4.79 Å². The molecule has 1 saturated carbocycles. The molecular weight excluding hydrogens is 314 g/mol. The van der Waals surface area contributed by atoms with Gasteiger partial charge in [-0.2, -0.15) is 0 Å². The zero-order valence-corrected chi connectivity index (χ0v) is 15.2. The molecule has 1 amide bonds. The number of aryl methyl sites for hydroxylation is 1. The first kappa shape index (κ1) is 16.8. The van der Waals surface area contributed by atoms with E-state index in [9.17, 15) is 9.90 Å². The fourth-order valence-corrected chi connectivity index (χ4v) is 4.92. The van der Waals surface area contributed by atoms with Gasteiger partial charge in [0.1, 0.15) is 5.82 Å². The van der Waals surface area contributed by atoms with Crippen LogP contribution in [0.3, 0.4) is 0 Å². The fourth-order valence-electron chi connectivity index (χ4n) is 4.92. The third-order valence-corrected chi connectivity index (χ3v) is 6.45. The van der Waals surface area contributed by atoms with Crippen LogP contribution in [0, 0.1) is 12.3 Å². The Hall–Kier alpha value is -1.62. The van der Waals surface area contributed by atoms with E-state index in [1.807, 2.05) is 13.1 Å². The quantitative estimate of drug-likeness (QED) is 0.896. The van der Waals surface area contributed by atoms with Crippen LogP contribution in [-0.2, 0) is 4.79 Å². The number of aliphatic hydroxyl groups is 1. The smallest absolute Gasteiger partial charge is 0.230 e. The average Bonchev–Trinajstić information content (AvgIpc) is 2.93. The highest BCUT2D eigenvalue weighted by atomic mass is 16.3. The second-order valence-electron chi connectivity index (χ2n) is 8.21. The topological polar surface area (TPSA) is 56.7 Å². The van der Waals surface area contributed by atoms with Gasteiger partial charge in [0.25, 0.3) is 0 Å². The van der Waals surface area contributed by atoms with E-state index in [1.165, 1.54) is 0 Å². The molecule has 1 aromatic heterocycles. The SMILES string of the molecule is Cc1ccc(N2CCC[C@@]3(CCN([C@H]4CC[C@H](O)CC4)C3=O)C2)nc1. The molecule has 1 aliphatic carbocycles. The first-order chi connectivity index (χ1) is 12.1. The van der Waals surface area contributed by atoms with Gasteiger partial charge in [-0.05, 0) is 63.5 Å². The Balaban J connectivity index is 1.48. The first-order valence-corrected chi connectivity index (χ1v) is 9.74. The van der Waals surface area contributed by atoms with Crippen LogP contribution in [0.4, 0.5) is 5.82 Å². The minimum atomic E-state index is -0.221. The van der Waals surface area contributed by atoms with E-state index in [-0.39, 0.29) is 11.5 Å². The van der Waals surface area contributed by atoms with Crippen LogP contribution in [0.2, 0.25) is 0 Å². The lowest BCUT2D eigenvalue weighted by atomic mass is 9.78. The number of likely N-dealkylation sites (tertiary alicyclic amines) is 1. The lowest BCUT2D eigenvalue weighted by molar-refractivity contribution is -0.139. The highest BCUT2D eigenvalue weighted by Crippen LogP contribution is 2.43. The first-order valence-electron chi connectivity index (χ1n) is 9.74. The Kier molecular flexibility index (Phi) is 4.44. The highest BCUT2D eigenvalue weighted by Gasteiger charge is 2.50. The molecule has 1 spiro atoms. The monoisotopic (exact) mass is 343 g/mol. The molecule has 2 saturated heterocycles. The van der Waals surface area contributed by atoms with Crippen molar-refractivity contribution >= 4 is 11.7 Å². The van der Waals surface area contributed by atoms with Crippen LogP contribution < -0.4 is 4.90 Å². The van der Waals surface area contributed by atoms with Crippen molar-refractivity contribution in [3.05, 3.63) is 23.9 Å². The zero-order valence-electron chi connectivity index (χ0n) is 15.2. The van der Waals surface area contributed by atoms with E-state index in [2.05, 4.69) is 26.9 Å². The molecule has 1 N–H and O–H groups in total. The normalized spacial score (nSPS) is 33.3. The minimum absolute atomic E-state index is 0.166. The van der Waals surface area contributed by atoms with Crippen molar-refractivity contribution < 1.29 is 9.90 Å². The summed E-state index contributed by atoms with van der Waals surface area (Å²) in [4.78, 5) is 22.3. The summed E-state index contributed by atoms with van der Waals surface area (Å²) in [6, 6.07) is 4.51. The molecule has 5 nitrogen and oxygen atoms in total. The Labute approximate surface area is 150 Å². The van der Waals surface area contributed by atoms with Crippen LogP contribution in [0.5, 0.6) is 0 Å². The van der Waals surface area contributed by atoms with E-state index in [0.717, 1.165) is 76.0 Å². The fraction of sp³-hybridized carbons (Fsp3) is 0.700. The molecule has 4 rings (SSSR count). The number of amides is 1. The molecule has 1 atom stereocenters. The highest BCUT2D eigenvalue weighted by molar-refractivity contribution is 5.86. The molecule has 5 heteroatoms. The number of piperidine rings is 1. The third kappa shape index (κ3) is 3.14. The van der Waals surface area contributed by atoms with Gasteiger partial charge >= 0.3 is 0 Å². The van der Waals surface area contributed by atoms with Gasteiger partial charge in [-0.1, -0.05) is 6.07 Å². The summed E-state index contributed by atoms with van der Waals surface area (Å²) in [5.41, 5.74) is 0.944. The summed E-state index contributed by atoms with van der Waals surface area (Å²) in [6.07, 6.45) is 8.33. The predicted molar refractivity (Wildman–Crippen MR) is 97.4 cm³/mol. The molecule has 0 bridgehead atoms. The Bertz CT molecular complexity index is 624. The summed E-state index contributed by atoms with van der Waals surface area (Å²) in [6.45, 7) is 4.72. The zero-order chi connectivity index (χ0) is 17.4. The molecule has 0 aromatic carbocycles. The van der Waals surface area contributed by atoms with E-state index >= 15 is 0 Å². The number of carbonyl (C=O) groups is 1. The van der Waals surface area contributed by atoms with Crippen LogP contribution in [0.15, 0.2) is 18.3 Å². The van der Waals surface area contributed by atoms with E-state index in [4.69, 9.17) is 0 Å². The number of hydrogen-bond donors (Lipinski definition) is 1. The Morgan fingerprint density at radius 3 is 2.68 bits per heavy atom. The predicted octanol–water partition coefficient (Wildman–Crippen LogP) is 2.51. The molecule has 3 heterocycles. The average molecular weight is 343 g/mol. The van der Waals surface area contributed by atoms with Gasteiger partial charge in [0.2, 0.25) is 5.91 Å². The number of pyridine rings is 1. The van der Waals surface area contributed by atoms with Crippen molar-refractivity contribution in [3.63, 3.8) is 0 Å². The largest absolute Gasteiger partial charge is 0.393 e. The van der Waals surface area contributed by atoms with Gasteiger partial charge in [0.15, 0.2) is 0 Å². The van der Waals surface area contributed by atoms with Gasteiger partial charge in [0.05, 0.1) is 11.5 Å². The maximum absolute atomic E-state index is 13.3. The van der Waals surface area contributed by atoms with Crippen molar-refractivity contribution in [2.75, 3.05) is 24.5 Å². The standard InChI is InChI=1S/C20H29N3O2/c1-15-3-8-18(21-13-15)22-11-2-9-20(14-22)10-12-23(19(20)25)16-4-6-17(24)7-5-16/h3,8,13,16-17,24H,2,4-7,9-12,14H2,1H3/t16-,17-,20-/m1/s1. The van der Waals surface area contributed by atoms with Crippen molar-refractivity contribution in [2.45, 2.75) is 64.0 Å². The summed E-state index contributed by atoms with van der Waals surface area (Å²) in [5.74, 6) is 1.35. The number of aliphatic hydroxyl groups excluding tert-OH is 1. The minimum Gasteiger partial charge on any atom is -0.393 e. The number of hydrogen-bond acceptors (Lipinski definition) is 4. The molecule has 0 unspecified atom stereocenters. The Morgan fingerprint density at radius 2 is 1.96 bits per heavy atom. The molecule has 3 fully saturated rings. The maximum atomic E-state index is 13.3. The summed E-state index contributed by atoms with van der Waals surface area (Å²) in [5, 5.41) is 9.74. The molecule has 1 aromatic rings. The van der Waals surface area contributed by atoms with Gasteiger partial charge in [0, 0.05) is 31.9 Å². The molecule has 136 valence electrons. The second-order valence-corrected chi connectivity index (χ2v) is 8.21. The van der Waals surface area contributed by atoms with Crippen molar-refractivity contribution in [1.29, 1.82) is 0 Å². The third-order valence-electron chi connectivity index (χ3n) is 6.45. The number of anilines is 1.